The van der Waals surface area contributed by atoms with E-state index in [0.717, 1.165) is 25.1 Å². The van der Waals surface area contributed by atoms with Gasteiger partial charge in [0.15, 0.2) is 5.75 Å². The lowest BCUT2D eigenvalue weighted by molar-refractivity contribution is 0.0687. The Balaban J connectivity index is 1.88. The minimum atomic E-state index is -1.35. The first-order valence-corrected chi connectivity index (χ1v) is 8.62. The highest BCUT2D eigenvalue weighted by atomic mass is 127. The molecular weight excluding hydrogens is 472 g/mol. The zero-order valence-corrected chi connectivity index (χ0v) is 16.2. The summed E-state index contributed by atoms with van der Waals surface area (Å²) < 4.78 is 27.0. The molecule has 0 radical (unpaired) electrons. The molecule has 0 saturated carbocycles. The van der Waals surface area contributed by atoms with Gasteiger partial charge in [0, 0.05) is 41.5 Å². The van der Waals surface area contributed by atoms with Crippen LogP contribution < -0.4 is 9.47 Å². The van der Waals surface area contributed by atoms with Crippen LogP contribution in [0.1, 0.15) is 22.5 Å². The Hall–Kier alpha value is -2.72. The lowest BCUT2D eigenvalue weighted by atomic mass is 10.1. The summed E-state index contributed by atoms with van der Waals surface area (Å²) in [6.45, 7) is 1.69. The number of rotatable bonds is 4. The molecule has 2 aromatic heterocycles. The van der Waals surface area contributed by atoms with Crippen molar-refractivity contribution < 1.29 is 23.8 Å². The molecule has 0 unspecified atom stereocenters. The van der Waals surface area contributed by atoms with Crippen LogP contribution in [0.3, 0.4) is 0 Å². The molecular formula is C16H13FIN5O4. The average molecular weight is 485 g/mol. The second kappa shape index (κ2) is 8.31. The zero-order chi connectivity index (χ0) is 19.4. The van der Waals surface area contributed by atoms with E-state index in [1.54, 1.807) is 0 Å². The molecule has 27 heavy (non-hydrogen) atoms. The molecule has 0 aromatic carbocycles. The van der Waals surface area contributed by atoms with Gasteiger partial charge in [-0.2, -0.15) is 4.39 Å². The highest BCUT2D eigenvalue weighted by Gasteiger charge is 2.22. The number of nitrogens with one attached hydrogen (secondary N) is 1. The van der Waals surface area contributed by atoms with Crippen LogP contribution in [-0.4, -0.2) is 54.8 Å². The fourth-order valence-electron chi connectivity index (χ4n) is 2.24. The van der Waals surface area contributed by atoms with E-state index in [9.17, 15) is 9.18 Å². The number of halogens is 2. The Morgan fingerprint density at radius 2 is 2.26 bits per heavy atom. The number of carbonyl (C=O) groups is 1. The van der Waals surface area contributed by atoms with Crippen LogP contribution >= 0.6 is 22.9 Å². The van der Waals surface area contributed by atoms with Crippen LogP contribution in [0.4, 0.5) is 4.39 Å². The standard InChI is InChI=1S/C16H13FIN5O4/c1-26-13-10(3-2-9-4-6-23(18)7-5-9)8-19-14(11(13)17)27-15-12(16(24)25)20-22-21-15/h4,8H,5-7H2,1H3,(H,24,25)(H,20,21,22). The summed E-state index contributed by atoms with van der Waals surface area (Å²) in [5, 5.41) is 17.9. The van der Waals surface area contributed by atoms with E-state index in [0.29, 0.717) is 0 Å². The van der Waals surface area contributed by atoms with Crippen LogP contribution in [0.25, 0.3) is 0 Å². The molecule has 0 amide bonds. The number of carboxylic acids is 1. The number of ether oxygens (including phenoxy) is 2. The second-order valence-electron chi connectivity index (χ2n) is 5.32. The summed E-state index contributed by atoms with van der Waals surface area (Å²) in [5.74, 6) is 2.53. The van der Waals surface area contributed by atoms with Crippen molar-refractivity contribution in [2.75, 3.05) is 20.2 Å². The molecule has 1 aliphatic rings. The van der Waals surface area contributed by atoms with Crippen LogP contribution in [0.2, 0.25) is 0 Å². The van der Waals surface area contributed by atoms with Gasteiger partial charge in [-0.25, -0.2) is 18.0 Å². The van der Waals surface area contributed by atoms with Gasteiger partial charge in [-0.3, -0.25) is 0 Å². The number of methoxy groups -OCH3 is 1. The number of nitrogens with zero attached hydrogens (tertiary/aromatic N) is 4. The number of carboxylic acid groups (broad SMARTS) is 1. The molecule has 0 atom stereocenters. The van der Waals surface area contributed by atoms with Gasteiger partial charge in [-0.15, -0.1) is 0 Å². The van der Waals surface area contributed by atoms with Crippen LogP contribution in [0.5, 0.6) is 17.5 Å². The minimum Gasteiger partial charge on any atom is -0.492 e. The van der Waals surface area contributed by atoms with Crippen molar-refractivity contribution in [3.8, 4) is 29.4 Å². The fourth-order valence-corrected chi connectivity index (χ4v) is 2.68. The summed E-state index contributed by atoms with van der Waals surface area (Å²) in [7, 11) is 1.29. The number of pyridine rings is 1. The largest absolute Gasteiger partial charge is 0.492 e. The Kier molecular flexibility index (Phi) is 5.87. The van der Waals surface area contributed by atoms with Gasteiger partial charge in [-0.1, -0.05) is 28.2 Å². The maximum Gasteiger partial charge on any atom is 0.359 e. The quantitative estimate of drug-likeness (QED) is 0.385. The summed E-state index contributed by atoms with van der Waals surface area (Å²) in [4.78, 5) is 14.9. The smallest absolute Gasteiger partial charge is 0.359 e. The maximum absolute atomic E-state index is 14.7. The number of hydrogen-bond acceptors (Lipinski definition) is 7. The number of aromatic amines is 1. The highest BCUT2D eigenvalue weighted by molar-refractivity contribution is 14.1. The van der Waals surface area contributed by atoms with E-state index in [1.807, 2.05) is 6.08 Å². The van der Waals surface area contributed by atoms with Crippen molar-refractivity contribution in [2.45, 2.75) is 6.42 Å². The van der Waals surface area contributed by atoms with Gasteiger partial charge in [0.25, 0.3) is 11.8 Å². The van der Waals surface area contributed by atoms with Crippen molar-refractivity contribution in [1.29, 1.82) is 0 Å². The third kappa shape index (κ3) is 4.34. The lowest BCUT2D eigenvalue weighted by Gasteiger charge is -2.16. The number of aromatic nitrogens is 4. The molecule has 0 saturated heterocycles. The topological polar surface area (TPSA) is 113 Å². The molecule has 3 rings (SSSR count). The van der Waals surface area contributed by atoms with Crippen molar-refractivity contribution in [2.24, 2.45) is 0 Å². The Labute approximate surface area is 167 Å². The second-order valence-corrected chi connectivity index (χ2v) is 6.69. The lowest BCUT2D eigenvalue weighted by Crippen LogP contribution is -2.17. The van der Waals surface area contributed by atoms with Gasteiger partial charge in [-0.05, 0) is 6.42 Å². The normalized spacial score (nSPS) is 14.1. The molecule has 0 spiro atoms. The third-order valence-corrected chi connectivity index (χ3v) is 4.46. The van der Waals surface area contributed by atoms with Gasteiger partial charge >= 0.3 is 5.97 Å². The first-order valence-electron chi connectivity index (χ1n) is 7.66. The number of H-pyrrole nitrogens is 1. The molecule has 2 aromatic rings. The predicted octanol–water partition coefficient (Wildman–Crippen LogP) is 2.17. The van der Waals surface area contributed by atoms with Gasteiger partial charge < -0.3 is 14.6 Å². The Bertz CT molecular complexity index is 965. The van der Waals surface area contributed by atoms with Crippen molar-refractivity contribution in [1.82, 2.24) is 23.5 Å². The third-order valence-electron chi connectivity index (χ3n) is 3.59. The molecule has 0 fully saturated rings. The molecule has 1 aliphatic heterocycles. The van der Waals surface area contributed by atoms with E-state index in [-0.39, 0.29) is 11.3 Å². The maximum atomic E-state index is 14.7. The van der Waals surface area contributed by atoms with Crippen LogP contribution in [0, 0.1) is 17.7 Å². The van der Waals surface area contributed by atoms with Crippen molar-refractivity contribution in [3.05, 3.63) is 34.9 Å². The predicted molar refractivity (Wildman–Crippen MR) is 99.3 cm³/mol. The number of aromatic carboxylic acids is 1. The van der Waals surface area contributed by atoms with Crippen LogP contribution in [0.15, 0.2) is 17.8 Å². The van der Waals surface area contributed by atoms with E-state index in [4.69, 9.17) is 14.6 Å². The van der Waals surface area contributed by atoms with Gasteiger partial charge in [0.2, 0.25) is 11.5 Å². The monoisotopic (exact) mass is 485 g/mol. The number of hydrogen-bond donors (Lipinski definition) is 2. The summed E-state index contributed by atoms with van der Waals surface area (Å²) >= 11 is 2.24. The van der Waals surface area contributed by atoms with Crippen LogP contribution in [-0.2, 0) is 0 Å². The first-order chi connectivity index (χ1) is 13.0. The molecule has 9 nitrogen and oxygen atoms in total. The molecule has 2 N–H and O–H groups in total. The molecule has 3 heterocycles. The SMILES string of the molecule is COc1c(C#CC2=CCN(I)CC2)cnc(Oc2nn[nH]c2C(=O)O)c1F. The molecule has 140 valence electrons. The van der Waals surface area contributed by atoms with E-state index in [1.165, 1.54) is 13.3 Å². The Morgan fingerprint density at radius 3 is 2.93 bits per heavy atom. The fraction of sp³-hybridized carbons (Fsp3) is 0.250. The Morgan fingerprint density at radius 1 is 1.44 bits per heavy atom. The van der Waals surface area contributed by atoms with E-state index in [2.05, 4.69) is 58.2 Å². The van der Waals surface area contributed by atoms with Crippen molar-refractivity contribution >= 4 is 28.8 Å². The van der Waals surface area contributed by atoms with E-state index < -0.39 is 29.2 Å². The van der Waals surface area contributed by atoms with Crippen molar-refractivity contribution in [3.63, 3.8) is 0 Å². The zero-order valence-electron chi connectivity index (χ0n) is 14.0. The molecule has 0 aliphatic carbocycles. The molecule has 11 heteroatoms. The minimum absolute atomic E-state index is 0.153. The van der Waals surface area contributed by atoms with Gasteiger partial charge in [0.05, 0.1) is 18.9 Å². The van der Waals surface area contributed by atoms with E-state index >= 15 is 0 Å². The summed E-state index contributed by atoms with van der Waals surface area (Å²) in [6.07, 6.45) is 4.10. The average Bonchev–Trinajstić information content (AvgIpc) is 3.12. The highest BCUT2D eigenvalue weighted by Crippen LogP contribution is 2.31. The molecule has 0 bridgehead atoms. The van der Waals surface area contributed by atoms with Gasteiger partial charge in [0.1, 0.15) is 0 Å². The first kappa shape index (κ1) is 19.1. The summed E-state index contributed by atoms with van der Waals surface area (Å²) in [5.41, 5.74) is 0.783. The summed E-state index contributed by atoms with van der Waals surface area (Å²) in [6, 6.07) is 0.